The highest BCUT2D eigenvalue weighted by Gasteiger charge is 2.25. The van der Waals surface area contributed by atoms with Crippen LogP contribution in [0.5, 0.6) is 0 Å². The monoisotopic (exact) mass is 410 g/mol. The van der Waals surface area contributed by atoms with Crippen LogP contribution in [0.15, 0.2) is 28.7 Å². The Kier molecular flexibility index (Phi) is 7.31. The van der Waals surface area contributed by atoms with Crippen LogP contribution in [0.25, 0.3) is 0 Å². The van der Waals surface area contributed by atoms with Crippen LogP contribution in [0.2, 0.25) is 0 Å². The summed E-state index contributed by atoms with van der Waals surface area (Å²) in [5, 5.41) is 0. The van der Waals surface area contributed by atoms with E-state index in [1.54, 1.807) is 23.1 Å². The third-order valence-electron chi connectivity index (χ3n) is 3.51. The number of halogens is 2. The quantitative estimate of drug-likeness (QED) is 0.818. The zero-order valence-electron chi connectivity index (χ0n) is 12.1. The van der Waals surface area contributed by atoms with E-state index in [0.717, 1.165) is 17.3 Å². The van der Waals surface area contributed by atoms with Crippen molar-refractivity contribution in [2.45, 2.75) is 24.6 Å². The van der Waals surface area contributed by atoms with Gasteiger partial charge in [-0.3, -0.25) is 4.79 Å². The largest absolute Gasteiger partial charge is 0.342 e. The fraction of sp³-hybridized carbons (Fsp3) is 0.500. The summed E-state index contributed by atoms with van der Waals surface area (Å²) in [6, 6.07) is 7.22. The van der Waals surface area contributed by atoms with Crippen LogP contribution < -0.4 is 5.73 Å². The lowest BCUT2D eigenvalue weighted by Gasteiger charge is -2.30. The van der Waals surface area contributed by atoms with Crippen molar-refractivity contribution in [3.8, 4) is 0 Å². The maximum atomic E-state index is 12.1. The number of rotatable bonds is 4. The topological polar surface area (TPSA) is 80.5 Å². The van der Waals surface area contributed by atoms with Crippen molar-refractivity contribution in [2.75, 3.05) is 18.8 Å². The molecule has 0 saturated carbocycles. The molecule has 0 bridgehead atoms. The molecule has 0 spiro atoms. The fourth-order valence-electron chi connectivity index (χ4n) is 2.36. The van der Waals surface area contributed by atoms with E-state index in [0.29, 0.717) is 18.7 Å². The lowest BCUT2D eigenvalue weighted by Crippen LogP contribution is -2.45. The zero-order valence-corrected chi connectivity index (χ0v) is 15.3. The summed E-state index contributed by atoms with van der Waals surface area (Å²) in [5.74, 6) is -0.878. The SMILES string of the molecule is Cl.NC1CCN(C(=O)CS(=O)(=O)Cc2cccc(Br)c2)CC1. The highest BCUT2D eigenvalue weighted by Crippen LogP contribution is 2.15. The Hall–Kier alpha value is -0.630. The molecule has 5 nitrogen and oxygen atoms in total. The van der Waals surface area contributed by atoms with E-state index in [4.69, 9.17) is 5.73 Å². The molecule has 8 heteroatoms. The third kappa shape index (κ3) is 5.87. The minimum absolute atomic E-state index is 0. The fourth-order valence-corrected chi connectivity index (χ4v) is 4.15. The van der Waals surface area contributed by atoms with E-state index in [-0.39, 0.29) is 30.1 Å². The molecule has 0 aliphatic carbocycles. The number of carbonyl (C=O) groups is 1. The van der Waals surface area contributed by atoms with Gasteiger partial charge in [-0.2, -0.15) is 0 Å². The molecule has 1 aliphatic heterocycles. The molecular formula is C14H20BrClN2O3S. The van der Waals surface area contributed by atoms with Gasteiger partial charge in [0.2, 0.25) is 5.91 Å². The van der Waals surface area contributed by atoms with Gasteiger partial charge >= 0.3 is 0 Å². The Morgan fingerprint density at radius 3 is 2.55 bits per heavy atom. The van der Waals surface area contributed by atoms with Crippen LogP contribution in [0.4, 0.5) is 0 Å². The number of carbonyl (C=O) groups excluding carboxylic acids is 1. The first-order valence-corrected chi connectivity index (χ1v) is 9.45. The Morgan fingerprint density at radius 2 is 1.95 bits per heavy atom. The molecule has 1 saturated heterocycles. The highest BCUT2D eigenvalue weighted by atomic mass is 79.9. The molecule has 1 fully saturated rings. The molecule has 1 heterocycles. The zero-order chi connectivity index (χ0) is 15.5. The summed E-state index contributed by atoms with van der Waals surface area (Å²) in [7, 11) is -3.46. The number of piperidine rings is 1. The van der Waals surface area contributed by atoms with Crippen molar-refractivity contribution in [1.29, 1.82) is 0 Å². The number of nitrogens with two attached hydrogens (primary N) is 1. The van der Waals surface area contributed by atoms with Gasteiger partial charge in [-0.25, -0.2) is 8.42 Å². The molecule has 0 radical (unpaired) electrons. The maximum Gasteiger partial charge on any atom is 0.237 e. The average Bonchev–Trinajstić information content (AvgIpc) is 2.38. The Balaban J connectivity index is 0.00000242. The molecule has 124 valence electrons. The van der Waals surface area contributed by atoms with Gasteiger partial charge in [-0.1, -0.05) is 28.1 Å². The van der Waals surface area contributed by atoms with Gasteiger partial charge in [-0.05, 0) is 30.5 Å². The first kappa shape index (κ1) is 19.4. The maximum absolute atomic E-state index is 12.1. The molecule has 1 aromatic rings. The minimum Gasteiger partial charge on any atom is -0.342 e. The summed E-state index contributed by atoms with van der Waals surface area (Å²) in [5.41, 5.74) is 6.46. The van der Waals surface area contributed by atoms with Crippen molar-refractivity contribution in [3.63, 3.8) is 0 Å². The molecule has 0 aromatic heterocycles. The first-order valence-electron chi connectivity index (χ1n) is 6.84. The number of likely N-dealkylation sites (tertiary alicyclic amines) is 1. The first-order chi connectivity index (χ1) is 9.85. The number of sulfone groups is 1. The highest BCUT2D eigenvalue weighted by molar-refractivity contribution is 9.10. The Morgan fingerprint density at radius 1 is 1.32 bits per heavy atom. The van der Waals surface area contributed by atoms with Gasteiger partial charge in [0, 0.05) is 23.6 Å². The van der Waals surface area contributed by atoms with Crippen molar-refractivity contribution >= 4 is 44.1 Å². The summed E-state index contributed by atoms with van der Waals surface area (Å²) in [6.45, 7) is 1.10. The van der Waals surface area contributed by atoms with E-state index in [1.165, 1.54) is 0 Å². The van der Waals surface area contributed by atoms with Gasteiger partial charge in [0.1, 0.15) is 5.75 Å². The van der Waals surface area contributed by atoms with Crippen LogP contribution in [0.3, 0.4) is 0 Å². The van der Waals surface area contributed by atoms with Crippen LogP contribution in [0.1, 0.15) is 18.4 Å². The van der Waals surface area contributed by atoms with Crippen LogP contribution in [-0.2, 0) is 20.4 Å². The average molecular weight is 412 g/mol. The summed E-state index contributed by atoms with van der Waals surface area (Å²) < 4.78 is 25.1. The van der Waals surface area contributed by atoms with E-state index in [1.807, 2.05) is 6.07 Å². The summed E-state index contributed by atoms with van der Waals surface area (Å²) >= 11 is 3.31. The smallest absolute Gasteiger partial charge is 0.237 e. The van der Waals surface area contributed by atoms with Crippen LogP contribution >= 0.6 is 28.3 Å². The van der Waals surface area contributed by atoms with Crippen LogP contribution in [0, 0.1) is 0 Å². The number of amides is 1. The summed E-state index contributed by atoms with van der Waals surface area (Å²) in [6.07, 6.45) is 1.47. The van der Waals surface area contributed by atoms with Gasteiger partial charge in [0.05, 0.1) is 5.75 Å². The molecule has 0 unspecified atom stereocenters. The molecule has 2 N–H and O–H groups in total. The number of hydrogen-bond acceptors (Lipinski definition) is 4. The predicted octanol–water partition coefficient (Wildman–Crippen LogP) is 1.74. The molecule has 1 amide bonds. The minimum atomic E-state index is -3.46. The second-order valence-electron chi connectivity index (χ2n) is 5.38. The molecular weight excluding hydrogens is 392 g/mol. The molecule has 0 atom stereocenters. The number of hydrogen-bond donors (Lipinski definition) is 1. The van der Waals surface area contributed by atoms with Crippen molar-refractivity contribution in [1.82, 2.24) is 4.90 Å². The van der Waals surface area contributed by atoms with Crippen molar-refractivity contribution in [2.24, 2.45) is 5.73 Å². The normalized spacial score (nSPS) is 16.2. The molecule has 2 rings (SSSR count). The van der Waals surface area contributed by atoms with E-state index < -0.39 is 15.6 Å². The van der Waals surface area contributed by atoms with Crippen molar-refractivity contribution < 1.29 is 13.2 Å². The van der Waals surface area contributed by atoms with E-state index in [9.17, 15) is 13.2 Å². The van der Waals surface area contributed by atoms with E-state index >= 15 is 0 Å². The lowest BCUT2D eigenvalue weighted by molar-refractivity contribution is -0.129. The van der Waals surface area contributed by atoms with Crippen molar-refractivity contribution in [3.05, 3.63) is 34.3 Å². The molecule has 22 heavy (non-hydrogen) atoms. The lowest BCUT2D eigenvalue weighted by atomic mass is 10.1. The third-order valence-corrected chi connectivity index (χ3v) is 5.46. The van der Waals surface area contributed by atoms with Gasteiger partial charge in [-0.15, -0.1) is 12.4 Å². The predicted molar refractivity (Wildman–Crippen MR) is 92.7 cm³/mol. The standard InChI is InChI=1S/C14H19BrN2O3S.ClH/c15-12-3-1-2-11(8-12)9-21(19,20)10-14(18)17-6-4-13(16)5-7-17;/h1-3,8,13H,4-7,9-10,16H2;1H. The Bertz CT molecular complexity index is 616. The number of nitrogens with zero attached hydrogens (tertiary/aromatic N) is 1. The van der Waals surface area contributed by atoms with Gasteiger partial charge in [0.25, 0.3) is 0 Å². The van der Waals surface area contributed by atoms with Gasteiger partial charge < -0.3 is 10.6 Å². The Labute approximate surface area is 145 Å². The van der Waals surface area contributed by atoms with E-state index in [2.05, 4.69) is 15.9 Å². The van der Waals surface area contributed by atoms with Gasteiger partial charge in [0.15, 0.2) is 9.84 Å². The van der Waals surface area contributed by atoms with Crippen LogP contribution in [-0.4, -0.2) is 44.1 Å². The number of benzene rings is 1. The second kappa shape index (κ2) is 8.29. The molecule has 1 aromatic carbocycles. The molecule has 1 aliphatic rings. The second-order valence-corrected chi connectivity index (χ2v) is 8.36. The summed E-state index contributed by atoms with van der Waals surface area (Å²) in [4.78, 5) is 13.7.